The largest absolute Gasteiger partial charge is 0.344 e. The van der Waals surface area contributed by atoms with Crippen molar-refractivity contribution < 1.29 is 9.59 Å². The lowest BCUT2D eigenvalue weighted by molar-refractivity contribution is -0.139. The van der Waals surface area contributed by atoms with E-state index in [4.69, 9.17) is 34.8 Å². The number of carbonyl (C=O) groups excluding carboxylic acids is 2. The zero-order chi connectivity index (χ0) is 17.5. The molecule has 0 fully saturated rings. The van der Waals surface area contributed by atoms with E-state index in [-0.39, 0.29) is 6.54 Å². The number of carbonyl (C=O) groups is 2. The smallest absolute Gasteiger partial charge is 0.329 e. The van der Waals surface area contributed by atoms with Crippen LogP contribution < -0.4 is 10.7 Å². The first-order valence-corrected chi connectivity index (χ1v) is 7.90. The Labute approximate surface area is 153 Å². The summed E-state index contributed by atoms with van der Waals surface area (Å²) in [4.78, 5) is 23.4. The molecule has 5 nitrogen and oxygen atoms in total. The van der Waals surface area contributed by atoms with E-state index < -0.39 is 11.8 Å². The molecule has 2 N–H and O–H groups in total. The second kappa shape index (κ2) is 8.68. The van der Waals surface area contributed by atoms with E-state index in [2.05, 4.69) is 15.8 Å². The van der Waals surface area contributed by atoms with Gasteiger partial charge in [0, 0.05) is 27.2 Å². The maximum absolute atomic E-state index is 11.7. The molecule has 2 aromatic carbocycles. The zero-order valence-electron chi connectivity index (χ0n) is 12.2. The third-order valence-corrected chi connectivity index (χ3v) is 3.87. The first kappa shape index (κ1) is 18.3. The fourth-order valence-electron chi connectivity index (χ4n) is 1.71. The molecule has 0 aliphatic heterocycles. The molecule has 0 heterocycles. The van der Waals surface area contributed by atoms with Crippen molar-refractivity contribution in [2.45, 2.75) is 6.54 Å². The lowest BCUT2D eigenvalue weighted by Gasteiger charge is -2.06. The second-order valence-corrected chi connectivity index (χ2v) is 5.89. The zero-order valence-corrected chi connectivity index (χ0v) is 14.5. The second-order valence-electron chi connectivity index (χ2n) is 4.64. The molecule has 0 atom stereocenters. The predicted octanol–water partition coefficient (Wildman–Crippen LogP) is 3.41. The highest BCUT2D eigenvalue weighted by molar-refractivity contribution is 6.36. The third-order valence-electron chi connectivity index (χ3n) is 2.94. The summed E-state index contributed by atoms with van der Waals surface area (Å²) in [6.45, 7) is 0.0937. The van der Waals surface area contributed by atoms with Crippen molar-refractivity contribution in [2.24, 2.45) is 5.10 Å². The Morgan fingerprint density at radius 1 is 1.00 bits per heavy atom. The Morgan fingerprint density at radius 3 is 2.46 bits per heavy atom. The van der Waals surface area contributed by atoms with E-state index >= 15 is 0 Å². The maximum Gasteiger partial charge on any atom is 0.329 e. The highest BCUT2D eigenvalue weighted by atomic mass is 35.5. The normalized spacial score (nSPS) is 10.6. The summed E-state index contributed by atoms with van der Waals surface area (Å²) in [5, 5.41) is 7.51. The molecule has 0 saturated carbocycles. The SMILES string of the molecule is O=C(NCc1ccc(Cl)cc1Cl)C(=O)N/N=C\c1ccccc1Cl. The molecule has 124 valence electrons. The van der Waals surface area contributed by atoms with Gasteiger partial charge in [0.25, 0.3) is 0 Å². The van der Waals surface area contributed by atoms with Crippen molar-refractivity contribution in [2.75, 3.05) is 0 Å². The van der Waals surface area contributed by atoms with Crippen LogP contribution in [-0.2, 0) is 16.1 Å². The summed E-state index contributed by atoms with van der Waals surface area (Å²) < 4.78 is 0. The fourth-order valence-corrected chi connectivity index (χ4v) is 2.37. The van der Waals surface area contributed by atoms with E-state index in [9.17, 15) is 9.59 Å². The van der Waals surface area contributed by atoms with Gasteiger partial charge in [0.15, 0.2) is 0 Å². The number of halogens is 3. The first-order chi connectivity index (χ1) is 11.5. The van der Waals surface area contributed by atoms with Gasteiger partial charge in [0.05, 0.1) is 6.21 Å². The maximum atomic E-state index is 11.7. The van der Waals surface area contributed by atoms with Crippen LogP contribution in [0, 0.1) is 0 Å². The average molecular weight is 385 g/mol. The van der Waals surface area contributed by atoms with Gasteiger partial charge in [0.2, 0.25) is 0 Å². The number of benzene rings is 2. The van der Waals surface area contributed by atoms with Gasteiger partial charge >= 0.3 is 11.8 Å². The molecule has 2 amide bonds. The summed E-state index contributed by atoms with van der Waals surface area (Å²) in [5.41, 5.74) is 3.38. The van der Waals surface area contributed by atoms with Crippen molar-refractivity contribution in [1.29, 1.82) is 0 Å². The van der Waals surface area contributed by atoms with Crippen LogP contribution in [-0.4, -0.2) is 18.0 Å². The van der Waals surface area contributed by atoms with E-state index in [1.807, 2.05) is 0 Å². The van der Waals surface area contributed by atoms with Crippen LogP contribution >= 0.6 is 34.8 Å². The standard InChI is InChI=1S/C16H12Cl3N3O2/c17-12-6-5-11(14(19)7-12)8-20-15(23)16(24)22-21-9-10-3-1-2-4-13(10)18/h1-7,9H,8H2,(H,20,23)(H,22,24)/b21-9-. The number of rotatable bonds is 4. The van der Waals surface area contributed by atoms with Gasteiger partial charge in [-0.05, 0) is 23.8 Å². The Kier molecular flexibility index (Phi) is 6.61. The van der Waals surface area contributed by atoms with E-state index in [1.54, 1.807) is 42.5 Å². The van der Waals surface area contributed by atoms with Gasteiger partial charge in [-0.25, -0.2) is 5.43 Å². The summed E-state index contributed by atoms with van der Waals surface area (Å²) in [5.74, 6) is -1.74. The number of hydrogen-bond donors (Lipinski definition) is 2. The Bertz CT molecular complexity index is 794. The fraction of sp³-hybridized carbons (Fsp3) is 0.0625. The Hall–Kier alpha value is -2.08. The molecule has 0 aromatic heterocycles. The molecule has 2 aromatic rings. The molecule has 0 spiro atoms. The van der Waals surface area contributed by atoms with E-state index in [0.29, 0.717) is 26.2 Å². The Balaban J connectivity index is 1.86. The van der Waals surface area contributed by atoms with Crippen LogP contribution in [0.3, 0.4) is 0 Å². The van der Waals surface area contributed by atoms with Gasteiger partial charge in [-0.2, -0.15) is 5.10 Å². The number of amides is 2. The number of hydrazone groups is 1. The monoisotopic (exact) mass is 383 g/mol. The summed E-state index contributed by atoms with van der Waals surface area (Å²) in [7, 11) is 0. The molecule has 24 heavy (non-hydrogen) atoms. The van der Waals surface area contributed by atoms with Gasteiger partial charge in [0.1, 0.15) is 0 Å². The molecule has 0 radical (unpaired) electrons. The third kappa shape index (κ3) is 5.23. The minimum atomic E-state index is -0.900. The van der Waals surface area contributed by atoms with Crippen LogP contribution in [0.5, 0.6) is 0 Å². The van der Waals surface area contributed by atoms with Crippen molar-refractivity contribution in [3.63, 3.8) is 0 Å². The van der Waals surface area contributed by atoms with Gasteiger partial charge in [-0.15, -0.1) is 0 Å². The summed E-state index contributed by atoms with van der Waals surface area (Å²) in [6, 6.07) is 11.8. The topological polar surface area (TPSA) is 70.6 Å². The quantitative estimate of drug-likeness (QED) is 0.482. The number of hydrogen-bond acceptors (Lipinski definition) is 3. The Morgan fingerprint density at radius 2 is 1.75 bits per heavy atom. The molecule has 0 unspecified atom stereocenters. The van der Waals surface area contributed by atoms with E-state index in [1.165, 1.54) is 6.21 Å². The highest BCUT2D eigenvalue weighted by Gasteiger charge is 2.13. The van der Waals surface area contributed by atoms with Crippen LogP contribution in [0.1, 0.15) is 11.1 Å². The number of nitrogens with one attached hydrogen (secondary N) is 2. The van der Waals surface area contributed by atoms with Crippen molar-refractivity contribution in [1.82, 2.24) is 10.7 Å². The minimum Gasteiger partial charge on any atom is -0.344 e. The predicted molar refractivity (Wildman–Crippen MR) is 95.5 cm³/mol. The van der Waals surface area contributed by atoms with Crippen LogP contribution in [0.15, 0.2) is 47.6 Å². The lowest BCUT2D eigenvalue weighted by Crippen LogP contribution is -2.37. The molecule has 0 aliphatic rings. The van der Waals surface area contributed by atoms with Crippen LogP contribution in [0.4, 0.5) is 0 Å². The molecular formula is C16H12Cl3N3O2. The molecular weight excluding hydrogens is 373 g/mol. The average Bonchev–Trinajstić information content (AvgIpc) is 2.55. The summed E-state index contributed by atoms with van der Waals surface area (Å²) in [6.07, 6.45) is 1.35. The molecule has 0 aliphatic carbocycles. The van der Waals surface area contributed by atoms with E-state index in [0.717, 1.165) is 0 Å². The molecule has 0 bridgehead atoms. The lowest BCUT2D eigenvalue weighted by atomic mass is 10.2. The number of nitrogens with zero attached hydrogens (tertiary/aromatic N) is 1. The van der Waals surface area contributed by atoms with Gasteiger partial charge in [-0.3, -0.25) is 9.59 Å². The molecule has 8 heteroatoms. The van der Waals surface area contributed by atoms with Crippen molar-refractivity contribution >= 4 is 52.8 Å². The minimum absolute atomic E-state index is 0.0937. The summed E-state index contributed by atoms with van der Waals surface area (Å²) >= 11 is 17.7. The van der Waals surface area contributed by atoms with Crippen molar-refractivity contribution in [3.05, 3.63) is 68.7 Å². The van der Waals surface area contributed by atoms with Crippen LogP contribution in [0.2, 0.25) is 15.1 Å². The van der Waals surface area contributed by atoms with Crippen molar-refractivity contribution in [3.8, 4) is 0 Å². The van der Waals surface area contributed by atoms with Crippen LogP contribution in [0.25, 0.3) is 0 Å². The molecule has 2 rings (SSSR count). The molecule has 0 saturated heterocycles. The first-order valence-electron chi connectivity index (χ1n) is 6.77. The van der Waals surface area contributed by atoms with Gasteiger partial charge < -0.3 is 5.32 Å². The van der Waals surface area contributed by atoms with Gasteiger partial charge in [-0.1, -0.05) is 59.1 Å². The highest BCUT2D eigenvalue weighted by Crippen LogP contribution is 2.20.